The molecule has 1 N–H and O–H groups in total. The normalized spacial score (nSPS) is 26.4. The molecule has 0 aliphatic carbocycles. The van der Waals surface area contributed by atoms with Gasteiger partial charge >= 0.3 is 0 Å². The standard InChI is InChI=1S/C14H19NO3/c1-16-12-4-2-11(3-5-12)13-17-10-14(18-13)6-8-15-9-7-14/h2-5,13,15H,6-10H2,1H3. The molecule has 1 aromatic rings. The van der Waals surface area contributed by atoms with E-state index in [1.54, 1.807) is 7.11 Å². The summed E-state index contributed by atoms with van der Waals surface area (Å²) in [7, 11) is 1.67. The van der Waals surface area contributed by atoms with E-state index >= 15 is 0 Å². The third kappa shape index (κ3) is 2.23. The summed E-state index contributed by atoms with van der Waals surface area (Å²) < 4.78 is 17.1. The van der Waals surface area contributed by atoms with Crippen LogP contribution in [0.3, 0.4) is 0 Å². The van der Waals surface area contributed by atoms with Crippen LogP contribution >= 0.6 is 0 Å². The lowest BCUT2D eigenvalue weighted by molar-refractivity contribution is -0.101. The van der Waals surface area contributed by atoms with Crippen molar-refractivity contribution < 1.29 is 14.2 Å². The van der Waals surface area contributed by atoms with Crippen LogP contribution in [0.15, 0.2) is 24.3 Å². The highest BCUT2D eigenvalue weighted by Gasteiger charge is 2.42. The van der Waals surface area contributed by atoms with E-state index in [1.807, 2.05) is 24.3 Å². The topological polar surface area (TPSA) is 39.7 Å². The summed E-state index contributed by atoms with van der Waals surface area (Å²) in [5.41, 5.74) is 0.988. The van der Waals surface area contributed by atoms with Crippen LogP contribution in [0, 0.1) is 0 Å². The van der Waals surface area contributed by atoms with Crippen LogP contribution in [0.25, 0.3) is 0 Å². The van der Waals surface area contributed by atoms with Crippen molar-refractivity contribution in [2.45, 2.75) is 24.7 Å². The molecule has 4 nitrogen and oxygen atoms in total. The predicted octanol–water partition coefficient (Wildman–Crippen LogP) is 1.86. The Morgan fingerprint density at radius 1 is 1.22 bits per heavy atom. The molecular weight excluding hydrogens is 230 g/mol. The van der Waals surface area contributed by atoms with Crippen LogP contribution in [0.1, 0.15) is 24.7 Å². The van der Waals surface area contributed by atoms with Crippen molar-refractivity contribution in [3.05, 3.63) is 29.8 Å². The maximum absolute atomic E-state index is 6.15. The second-order valence-corrected chi connectivity index (χ2v) is 4.97. The summed E-state index contributed by atoms with van der Waals surface area (Å²) in [5.74, 6) is 0.855. The average molecular weight is 249 g/mol. The maximum atomic E-state index is 6.15. The molecule has 0 radical (unpaired) electrons. The van der Waals surface area contributed by atoms with Crippen LogP contribution in [-0.2, 0) is 9.47 Å². The van der Waals surface area contributed by atoms with Gasteiger partial charge in [-0.1, -0.05) is 12.1 Å². The molecule has 98 valence electrons. The van der Waals surface area contributed by atoms with Gasteiger partial charge in [0, 0.05) is 5.56 Å². The third-order valence-corrected chi connectivity index (χ3v) is 3.76. The van der Waals surface area contributed by atoms with Gasteiger partial charge < -0.3 is 19.5 Å². The van der Waals surface area contributed by atoms with E-state index in [9.17, 15) is 0 Å². The lowest BCUT2D eigenvalue weighted by Gasteiger charge is -2.31. The molecule has 1 unspecified atom stereocenters. The van der Waals surface area contributed by atoms with E-state index in [2.05, 4.69) is 5.32 Å². The summed E-state index contributed by atoms with van der Waals surface area (Å²) in [4.78, 5) is 0. The van der Waals surface area contributed by atoms with E-state index < -0.39 is 0 Å². The zero-order valence-electron chi connectivity index (χ0n) is 10.6. The van der Waals surface area contributed by atoms with Crippen molar-refractivity contribution in [3.63, 3.8) is 0 Å². The van der Waals surface area contributed by atoms with Gasteiger partial charge in [0.25, 0.3) is 0 Å². The first-order valence-corrected chi connectivity index (χ1v) is 6.45. The number of piperidine rings is 1. The Hall–Kier alpha value is -1.10. The van der Waals surface area contributed by atoms with Crippen molar-refractivity contribution >= 4 is 0 Å². The van der Waals surface area contributed by atoms with Gasteiger partial charge in [-0.05, 0) is 38.1 Å². The molecule has 18 heavy (non-hydrogen) atoms. The summed E-state index contributed by atoms with van der Waals surface area (Å²) in [5, 5.41) is 3.35. The molecule has 0 amide bonds. The van der Waals surface area contributed by atoms with Crippen LogP contribution in [0.2, 0.25) is 0 Å². The fraction of sp³-hybridized carbons (Fsp3) is 0.571. The molecule has 0 saturated carbocycles. The summed E-state index contributed by atoms with van der Waals surface area (Å²) >= 11 is 0. The Morgan fingerprint density at radius 2 is 1.94 bits per heavy atom. The molecule has 1 atom stereocenters. The molecule has 2 aliphatic rings. The minimum absolute atomic E-state index is 0.0736. The number of ether oxygens (including phenoxy) is 3. The predicted molar refractivity (Wildman–Crippen MR) is 67.6 cm³/mol. The molecule has 0 aromatic heterocycles. The molecule has 2 aliphatic heterocycles. The van der Waals surface area contributed by atoms with Crippen molar-refractivity contribution in [1.82, 2.24) is 5.32 Å². The number of rotatable bonds is 2. The van der Waals surface area contributed by atoms with Crippen molar-refractivity contribution in [1.29, 1.82) is 0 Å². The molecule has 4 heteroatoms. The number of hydrogen-bond acceptors (Lipinski definition) is 4. The van der Waals surface area contributed by atoms with Gasteiger partial charge in [0.2, 0.25) is 0 Å². The highest BCUT2D eigenvalue weighted by molar-refractivity contribution is 5.28. The van der Waals surface area contributed by atoms with Gasteiger partial charge in [0.1, 0.15) is 5.75 Å². The summed E-state index contributed by atoms with van der Waals surface area (Å²) in [6.07, 6.45) is 1.83. The first kappa shape index (κ1) is 12.0. The maximum Gasteiger partial charge on any atom is 0.184 e. The second-order valence-electron chi connectivity index (χ2n) is 4.97. The Balaban J connectivity index is 1.70. The largest absolute Gasteiger partial charge is 0.497 e. The summed E-state index contributed by atoms with van der Waals surface area (Å²) in [6, 6.07) is 7.89. The van der Waals surface area contributed by atoms with Gasteiger partial charge in [0.15, 0.2) is 6.29 Å². The minimum Gasteiger partial charge on any atom is -0.497 e. The van der Waals surface area contributed by atoms with Gasteiger partial charge in [-0.3, -0.25) is 0 Å². The minimum atomic E-state index is -0.228. The van der Waals surface area contributed by atoms with Crippen molar-refractivity contribution in [3.8, 4) is 5.75 Å². The fourth-order valence-electron chi connectivity index (χ4n) is 2.59. The molecule has 3 rings (SSSR count). The number of benzene rings is 1. The Labute approximate surface area is 107 Å². The monoisotopic (exact) mass is 249 g/mol. The van der Waals surface area contributed by atoms with Gasteiger partial charge in [-0.2, -0.15) is 0 Å². The highest BCUT2D eigenvalue weighted by Crippen LogP contribution is 2.38. The van der Waals surface area contributed by atoms with Gasteiger partial charge in [-0.15, -0.1) is 0 Å². The number of hydrogen-bond donors (Lipinski definition) is 1. The van der Waals surface area contributed by atoms with Gasteiger partial charge in [0.05, 0.1) is 19.3 Å². The molecular formula is C14H19NO3. The van der Waals surface area contributed by atoms with E-state index in [0.717, 1.165) is 37.2 Å². The van der Waals surface area contributed by atoms with Gasteiger partial charge in [-0.25, -0.2) is 0 Å². The highest BCUT2D eigenvalue weighted by atomic mass is 16.7. The van der Waals surface area contributed by atoms with Crippen molar-refractivity contribution in [2.75, 3.05) is 26.8 Å². The first-order valence-electron chi connectivity index (χ1n) is 6.45. The zero-order valence-corrected chi connectivity index (χ0v) is 10.6. The summed E-state index contributed by atoms with van der Waals surface area (Å²) in [6.45, 7) is 2.72. The Kier molecular flexibility index (Phi) is 3.24. The van der Waals surface area contributed by atoms with E-state index in [0.29, 0.717) is 6.61 Å². The molecule has 2 saturated heterocycles. The van der Waals surface area contributed by atoms with E-state index in [-0.39, 0.29) is 11.9 Å². The second kappa shape index (κ2) is 4.88. The Morgan fingerprint density at radius 3 is 2.61 bits per heavy atom. The van der Waals surface area contributed by atoms with E-state index in [1.165, 1.54) is 0 Å². The lowest BCUT2D eigenvalue weighted by Crippen LogP contribution is -2.43. The number of nitrogens with one attached hydrogen (secondary N) is 1. The third-order valence-electron chi connectivity index (χ3n) is 3.76. The quantitative estimate of drug-likeness (QED) is 0.868. The lowest BCUT2D eigenvalue weighted by atomic mass is 9.94. The SMILES string of the molecule is COc1ccc(C2OCC3(CCNCC3)O2)cc1. The smallest absolute Gasteiger partial charge is 0.184 e. The van der Waals surface area contributed by atoms with Crippen LogP contribution in [-0.4, -0.2) is 32.4 Å². The molecule has 2 heterocycles. The molecule has 0 bridgehead atoms. The molecule has 1 aromatic carbocycles. The van der Waals surface area contributed by atoms with Crippen molar-refractivity contribution in [2.24, 2.45) is 0 Å². The fourth-order valence-corrected chi connectivity index (χ4v) is 2.59. The first-order chi connectivity index (χ1) is 8.81. The van der Waals surface area contributed by atoms with E-state index in [4.69, 9.17) is 14.2 Å². The number of methoxy groups -OCH3 is 1. The molecule has 2 fully saturated rings. The van der Waals surface area contributed by atoms with Crippen LogP contribution < -0.4 is 10.1 Å². The Bertz CT molecular complexity index is 398. The zero-order chi connectivity index (χ0) is 12.4. The van der Waals surface area contributed by atoms with Crippen LogP contribution in [0.5, 0.6) is 5.75 Å². The van der Waals surface area contributed by atoms with Crippen LogP contribution in [0.4, 0.5) is 0 Å². The average Bonchev–Trinajstić information content (AvgIpc) is 2.83. The molecule has 1 spiro atoms.